The van der Waals surface area contributed by atoms with Crippen molar-refractivity contribution in [3.05, 3.63) is 163 Å². The van der Waals surface area contributed by atoms with Crippen LogP contribution >= 0.6 is 0 Å². The van der Waals surface area contributed by atoms with E-state index in [1.807, 2.05) is 0 Å². The van der Waals surface area contributed by atoms with Crippen LogP contribution < -0.4 is 4.90 Å². The van der Waals surface area contributed by atoms with E-state index >= 15 is 0 Å². The quantitative estimate of drug-likeness (QED) is 0.194. The van der Waals surface area contributed by atoms with E-state index < -0.39 is 0 Å². The minimum absolute atomic E-state index is 0.0764. The molecule has 1 aliphatic carbocycles. The van der Waals surface area contributed by atoms with Gasteiger partial charge in [-0.05, 0) is 90.3 Å². The number of rotatable bonds is 3. The molecule has 0 radical (unpaired) electrons. The lowest BCUT2D eigenvalue weighted by atomic mass is 9.82. The molecule has 0 saturated carbocycles. The highest BCUT2D eigenvalue weighted by atomic mass is 15.1. The average molecular weight is 562 g/mol. The van der Waals surface area contributed by atoms with E-state index in [9.17, 15) is 0 Å². The van der Waals surface area contributed by atoms with Crippen molar-refractivity contribution in [2.45, 2.75) is 19.3 Å². The van der Waals surface area contributed by atoms with Crippen LogP contribution in [0, 0.1) is 0 Å². The van der Waals surface area contributed by atoms with Crippen molar-refractivity contribution in [2.24, 2.45) is 0 Å². The smallest absolute Gasteiger partial charge is 0.0546 e. The minimum atomic E-state index is -0.0764. The first-order valence-electron chi connectivity index (χ1n) is 15.5. The topological polar surface area (TPSA) is 3.24 Å². The van der Waals surface area contributed by atoms with Gasteiger partial charge in [-0.3, -0.25) is 0 Å². The van der Waals surface area contributed by atoms with Gasteiger partial charge in [-0.15, -0.1) is 0 Å². The lowest BCUT2D eigenvalue weighted by molar-refractivity contribution is 0.660. The summed E-state index contributed by atoms with van der Waals surface area (Å²) >= 11 is 0. The SMILES string of the molecule is CC1(C)c2ccccc2-c2ccc(N(c3ccccc3)c3cc4ccccc4c4c3ccc3c5ccccc5ccc34)cc21. The van der Waals surface area contributed by atoms with Crippen LogP contribution in [0.25, 0.3) is 54.2 Å². The zero-order valence-corrected chi connectivity index (χ0v) is 24.9. The third kappa shape index (κ3) is 3.53. The number of benzene rings is 8. The molecule has 0 fully saturated rings. The van der Waals surface area contributed by atoms with Crippen LogP contribution in [0.5, 0.6) is 0 Å². The molecule has 0 bridgehead atoms. The summed E-state index contributed by atoms with van der Waals surface area (Å²) in [6.45, 7) is 4.71. The maximum absolute atomic E-state index is 2.46. The molecule has 208 valence electrons. The molecule has 0 atom stereocenters. The summed E-state index contributed by atoms with van der Waals surface area (Å²) < 4.78 is 0. The van der Waals surface area contributed by atoms with Gasteiger partial charge in [0, 0.05) is 22.2 Å². The second kappa shape index (κ2) is 9.30. The maximum Gasteiger partial charge on any atom is 0.0546 e. The zero-order chi connectivity index (χ0) is 29.4. The summed E-state index contributed by atoms with van der Waals surface area (Å²) in [6, 6.07) is 56.0. The van der Waals surface area contributed by atoms with Gasteiger partial charge in [0.05, 0.1) is 5.69 Å². The van der Waals surface area contributed by atoms with Crippen LogP contribution in [0.1, 0.15) is 25.0 Å². The fourth-order valence-electron chi connectivity index (χ4n) is 7.69. The Labute approximate surface area is 257 Å². The van der Waals surface area contributed by atoms with Crippen LogP contribution in [0.15, 0.2) is 152 Å². The summed E-state index contributed by atoms with van der Waals surface area (Å²) in [4.78, 5) is 2.46. The summed E-state index contributed by atoms with van der Waals surface area (Å²) in [5.74, 6) is 0. The van der Waals surface area contributed by atoms with Gasteiger partial charge < -0.3 is 4.90 Å². The molecule has 0 saturated heterocycles. The normalized spacial score (nSPS) is 13.4. The molecule has 1 aliphatic rings. The summed E-state index contributed by atoms with van der Waals surface area (Å²) in [7, 11) is 0. The number of anilines is 3. The van der Waals surface area contributed by atoms with Crippen molar-refractivity contribution >= 4 is 60.2 Å². The highest BCUT2D eigenvalue weighted by Crippen LogP contribution is 2.51. The maximum atomic E-state index is 2.46. The number of nitrogens with zero attached hydrogens (tertiary/aromatic N) is 1. The Bertz CT molecular complexity index is 2420. The van der Waals surface area contributed by atoms with Gasteiger partial charge in [-0.2, -0.15) is 0 Å². The fourth-order valence-corrected chi connectivity index (χ4v) is 7.69. The molecule has 0 N–H and O–H groups in total. The number of hydrogen-bond acceptors (Lipinski definition) is 1. The number of fused-ring (bicyclic) bond motifs is 10. The Morgan fingerprint density at radius 1 is 0.409 bits per heavy atom. The first-order valence-corrected chi connectivity index (χ1v) is 15.5. The summed E-state index contributed by atoms with van der Waals surface area (Å²) in [5, 5.41) is 10.2. The first-order chi connectivity index (χ1) is 21.6. The van der Waals surface area contributed by atoms with E-state index in [-0.39, 0.29) is 5.41 Å². The number of para-hydroxylation sites is 1. The van der Waals surface area contributed by atoms with Crippen molar-refractivity contribution in [2.75, 3.05) is 4.90 Å². The van der Waals surface area contributed by atoms with Gasteiger partial charge in [-0.1, -0.05) is 135 Å². The molecule has 8 aromatic carbocycles. The molecule has 0 unspecified atom stereocenters. The summed E-state index contributed by atoms with van der Waals surface area (Å²) in [6.07, 6.45) is 0. The highest BCUT2D eigenvalue weighted by Gasteiger charge is 2.35. The molecule has 1 nitrogen and oxygen atoms in total. The van der Waals surface area contributed by atoms with Gasteiger partial charge in [-0.25, -0.2) is 0 Å². The minimum Gasteiger partial charge on any atom is -0.310 e. The molecule has 0 aromatic heterocycles. The Balaban J connectivity index is 1.37. The van der Waals surface area contributed by atoms with Crippen molar-refractivity contribution in [3.63, 3.8) is 0 Å². The Morgan fingerprint density at radius 2 is 1.07 bits per heavy atom. The van der Waals surface area contributed by atoms with Crippen molar-refractivity contribution in [1.82, 2.24) is 0 Å². The lowest BCUT2D eigenvalue weighted by Gasteiger charge is -2.29. The highest BCUT2D eigenvalue weighted by molar-refractivity contribution is 6.27. The lowest BCUT2D eigenvalue weighted by Crippen LogP contribution is -2.16. The third-order valence-corrected chi connectivity index (χ3v) is 9.80. The van der Waals surface area contributed by atoms with E-state index in [1.54, 1.807) is 0 Å². The average Bonchev–Trinajstić information content (AvgIpc) is 3.30. The van der Waals surface area contributed by atoms with E-state index in [4.69, 9.17) is 0 Å². The molecule has 0 aliphatic heterocycles. The van der Waals surface area contributed by atoms with Crippen molar-refractivity contribution < 1.29 is 0 Å². The van der Waals surface area contributed by atoms with Gasteiger partial charge in [0.25, 0.3) is 0 Å². The van der Waals surface area contributed by atoms with E-state index in [2.05, 4.69) is 170 Å². The Morgan fingerprint density at radius 3 is 1.93 bits per heavy atom. The van der Waals surface area contributed by atoms with Crippen LogP contribution in [0.4, 0.5) is 17.1 Å². The molecule has 0 spiro atoms. The molecule has 0 amide bonds. The van der Waals surface area contributed by atoms with Crippen LogP contribution in [-0.2, 0) is 5.41 Å². The van der Waals surface area contributed by atoms with Crippen molar-refractivity contribution in [1.29, 1.82) is 0 Å². The second-order valence-corrected chi connectivity index (χ2v) is 12.6. The van der Waals surface area contributed by atoms with Gasteiger partial charge in [0.15, 0.2) is 0 Å². The largest absolute Gasteiger partial charge is 0.310 e. The predicted octanol–water partition coefficient (Wildman–Crippen LogP) is 12.1. The van der Waals surface area contributed by atoms with E-state index in [0.29, 0.717) is 0 Å². The molecular formula is C43H31N. The van der Waals surface area contributed by atoms with E-state index in [1.165, 1.54) is 76.7 Å². The third-order valence-electron chi connectivity index (χ3n) is 9.80. The second-order valence-electron chi connectivity index (χ2n) is 12.6. The molecule has 1 heteroatoms. The molecule has 0 heterocycles. The Hall–Kier alpha value is -5.40. The molecule has 9 rings (SSSR count). The zero-order valence-electron chi connectivity index (χ0n) is 24.9. The number of hydrogen-bond donors (Lipinski definition) is 0. The monoisotopic (exact) mass is 561 g/mol. The first kappa shape index (κ1) is 25.1. The summed E-state index contributed by atoms with van der Waals surface area (Å²) in [5.41, 5.74) is 8.89. The van der Waals surface area contributed by atoms with E-state index in [0.717, 1.165) is 5.69 Å². The van der Waals surface area contributed by atoms with Gasteiger partial charge in [0.2, 0.25) is 0 Å². The fraction of sp³-hybridized carbons (Fsp3) is 0.0698. The predicted molar refractivity (Wildman–Crippen MR) is 189 cm³/mol. The molecule has 44 heavy (non-hydrogen) atoms. The van der Waals surface area contributed by atoms with Crippen LogP contribution in [-0.4, -0.2) is 0 Å². The standard InChI is InChI=1S/C43H31N/c1-43(2)39-19-11-10-18-35(39)36-23-21-31(27-40(36)43)44(30-14-4-3-5-15-30)41-26-29-13-7-9-17-33(29)42-37-22-20-28-12-6-8-16-32(28)34(37)24-25-38(41)42/h3-27H,1-2H3. The molecular weight excluding hydrogens is 530 g/mol. The van der Waals surface area contributed by atoms with Gasteiger partial charge in [0.1, 0.15) is 0 Å². The van der Waals surface area contributed by atoms with Crippen LogP contribution in [0.2, 0.25) is 0 Å². The molecule has 8 aromatic rings. The van der Waals surface area contributed by atoms with Crippen LogP contribution in [0.3, 0.4) is 0 Å². The van der Waals surface area contributed by atoms with Crippen molar-refractivity contribution in [3.8, 4) is 11.1 Å². The van der Waals surface area contributed by atoms with Gasteiger partial charge >= 0.3 is 0 Å². The Kier molecular flexibility index (Phi) is 5.31.